The molecular weight excluding hydrogens is 207 g/mol. The third-order valence-electron chi connectivity index (χ3n) is 2.06. The summed E-state index contributed by atoms with van der Waals surface area (Å²) in [6.07, 6.45) is 0.919. The van der Waals surface area contributed by atoms with E-state index < -0.39 is 11.6 Å². The Morgan fingerprint density at radius 2 is 2.29 bits per heavy atom. The number of phenolic OH excluding ortho intramolecular Hbond substituents is 1. The van der Waals surface area contributed by atoms with Gasteiger partial charge < -0.3 is 9.90 Å². The summed E-state index contributed by atoms with van der Waals surface area (Å²) in [7, 11) is 0. The van der Waals surface area contributed by atoms with E-state index in [1.165, 1.54) is 6.07 Å². The minimum absolute atomic E-state index is 0.205. The lowest BCUT2D eigenvalue weighted by Gasteiger charge is -2.12. The minimum Gasteiger partial charge on any atom is -0.505 e. The normalized spacial score (nSPS) is 12.5. The third-order valence-corrected chi connectivity index (χ3v) is 2.39. The predicted molar refractivity (Wildman–Crippen MR) is 52.2 cm³/mol. The van der Waals surface area contributed by atoms with Crippen molar-refractivity contribution in [2.45, 2.75) is 19.3 Å². The Kier molecular flexibility index (Phi) is 3.47. The molecule has 76 valence electrons. The van der Waals surface area contributed by atoms with Crippen molar-refractivity contribution in [3.63, 3.8) is 0 Å². The first-order valence-corrected chi connectivity index (χ1v) is 4.56. The van der Waals surface area contributed by atoms with Crippen LogP contribution in [0.4, 0.5) is 4.39 Å². The zero-order valence-corrected chi connectivity index (χ0v) is 8.38. The zero-order chi connectivity index (χ0) is 10.7. The second-order valence-corrected chi connectivity index (χ2v) is 3.50. The van der Waals surface area contributed by atoms with Gasteiger partial charge in [0, 0.05) is 17.0 Å². The number of rotatable bonds is 3. The van der Waals surface area contributed by atoms with Crippen LogP contribution < -0.4 is 0 Å². The van der Waals surface area contributed by atoms with E-state index in [9.17, 15) is 14.3 Å². The van der Waals surface area contributed by atoms with Crippen molar-refractivity contribution >= 4 is 17.9 Å². The fourth-order valence-electron chi connectivity index (χ4n) is 1.29. The van der Waals surface area contributed by atoms with Gasteiger partial charge in [-0.05, 0) is 18.1 Å². The maximum atomic E-state index is 13.0. The second kappa shape index (κ2) is 4.42. The van der Waals surface area contributed by atoms with Gasteiger partial charge in [0.15, 0.2) is 11.6 Å². The lowest BCUT2D eigenvalue weighted by Crippen LogP contribution is -1.97. The van der Waals surface area contributed by atoms with E-state index in [1.807, 2.05) is 0 Å². The average Bonchev–Trinajstić information content (AvgIpc) is 2.13. The molecule has 0 heterocycles. The molecule has 0 aromatic heterocycles. The summed E-state index contributed by atoms with van der Waals surface area (Å²) < 4.78 is 13.0. The molecular formula is C10H10ClFO2. The standard InChI is InChI=1S/C10H10ClFO2/c1-6(4-5-13)9-7(11)2-3-8(12)10(9)14/h2-3,5-6,14H,4H2,1H3. The lowest BCUT2D eigenvalue weighted by molar-refractivity contribution is -0.108. The van der Waals surface area contributed by atoms with Crippen molar-refractivity contribution in [3.05, 3.63) is 28.5 Å². The van der Waals surface area contributed by atoms with Gasteiger partial charge in [0.25, 0.3) is 0 Å². The molecule has 1 atom stereocenters. The molecule has 0 saturated carbocycles. The Hall–Kier alpha value is -1.09. The van der Waals surface area contributed by atoms with Gasteiger partial charge in [0.05, 0.1) is 0 Å². The summed E-state index contributed by atoms with van der Waals surface area (Å²) in [5.41, 5.74) is 0.291. The number of aromatic hydroxyl groups is 1. The van der Waals surface area contributed by atoms with Gasteiger partial charge in [-0.25, -0.2) is 4.39 Å². The summed E-state index contributed by atoms with van der Waals surface area (Å²) >= 11 is 5.79. The number of benzene rings is 1. The molecule has 2 nitrogen and oxygen atoms in total. The molecule has 0 aliphatic carbocycles. The Labute approximate surface area is 86.3 Å². The van der Waals surface area contributed by atoms with E-state index in [2.05, 4.69) is 0 Å². The van der Waals surface area contributed by atoms with Gasteiger partial charge >= 0.3 is 0 Å². The summed E-state index contributed by atoms with van der Waals surface area (Å²) in [5, 5.41) is 9.68. The highest BCUT2D eigenvalue weighted by atomic mass is 35.5. The van der Waals surface area contributed by atoms with Gasteiger partial charge in [-0.1, -0.05) is 18.5 Å². The van der Waals surface area contributed by atoms with Crippen LogP contribution in [0.1, 0.15) is 24.8 Å². The van der Waals surface area contributed by atoms with Crippen LogP contribution in [0.25, 0.3) is 0 Å². The van der Waals surface area contributed by atoms with Gasteiger partial charge in [-0.2, -0.15) is 0 Å². The zero-order valence-electron chi connectivity index (χ0n) is 7.63. The fraction of sp³-hybridized carbons (Fsp3) is 0.300. The van der Waals surface area contributed by atoms with Crippen LogP contribution in [-0.2, 0) is 4.79 Å². The van der Waals surface area contributed by atoms with Crippen LogP contribution >= 0.6 is 11.6 Å². The molecule has 0 aliphatic rings. The number of halogens is 2. The highest BCUT2D eigenvalue weighted by molar-refractivity contribution is 6.31. The molecule has 4 heteroatoms. The Morgan fingerprint density at radius 3 is 2.86 bits per heavy atom. The smallest absolute Gasteiger partial charge is 0.165 e. The molecule has 0 saturated heterocycles. The van der Waals surface area contributed by atoms with E-state index in [0.717, 1.165) is 6.07 Å². The maximum absolute atomic E-state index is 13.0. The number of carbonyl (C=O) groups is 1. The van der Waals surface area contributed by atoms with E-state index >= 15 is 0 Å². The number of aldehydes is 1. The topological polar surface area (TPSA) is 37.3 Å². The SMILES string of the molecule is CC(CC=O)c1c(Cl)ccc(F)c1O. The number of carbonyl (C=O) groups excluding carboxylic acids is 1. The van der Waals surface area contributed by atoms with Gasteiger partial charge in [-0.3, -0.25) is 0 Å². The fourth-order valence-corrected chi connectivity index (χ4v) is 1.63. The predicted octanol–water partition coefficient (Wildman–Crippen LogP) is 2.88. The van der Waals surface area contributed by atoms with Crippen molar-refractivity contribution in [2.75, 3.05) is 0 Å². The molecule has 0 amide bonds. The van der Waals surface area contributed by atoms with Gasteiger partial charge in [0.1, 0.15) is 6.29 Å². The van der Waals surface area contributed by atoms with Crippen LogP contribution in [0.3, 0.4) is 0 Å². The molecule has 14 heavy (non-hydrogen) atoms. The van der Waals surface area contributed by atoms with E-state index in [-0.39, 0.29) is 17.4 Å². The average molecular weight is 217 g/mol. The van der Waals surface area contributed by atoms with Crippen molar-refractivity contribution in [2.24, 2.45) is 0 Å². The van der Waals surface area contributed by atoms with Crippen LogP contribution in [0.15, 0.2) is 12.1 Å². The van der Waals surface area contributed by atoms with Crippen LogP contribution in [0.2, 0.25) is 5.02 Å². The number of hydrogen-bond donors (Lipinski definition) is 1. The molecule has 0 aliphatic heterocycles. The number of phenols is 1. The maximum Gasteiger partial charge on any atom is 0.165 e. The Morgan fingerprint density at radius 1 is 1.64 bits per heavy atom. The summed E-state index contributed by atoms with van der Waals surface area (Å²) in [6, 6.07) is 2.46. The van der Waals surface area contributed by atoms with Crippen molar-refractivity contribution in [1.29, 1.82) is 0 Å². The van der Waals surface area contributed by atoms with E-state index in [1.54, 1.807) is 6.92 Å². The molecule has 0 spiro atoms. The van der Waals surface area contributed by atoms with Crippen molar-refractivity contribution < 1.29 is 14.3 Å². The highest BCUT2D eigenvalue weighted by Gasteiger charge is 2.17. The van der Waals surface area contributed by atoms with Crippen LogP contribution in [-0.4, -0.2) is 11.4 Å². The highest BCUT2D eigenvalue weighted by Crippen LogP contribution is 2.35. The third kappa shape index (κ3) is 2.04. The molecule has 0 fully saturated rings. The number of hydrogen-bond acceptors (Lipinski definition) is 2. The Balaban J connectivity index is 3.17. The van der Waals surface area contributed by atoms with E-state index in [4.69, 9.17) is 11.6 Å². The lowest BCUT2D eigenvalue weighted by atomic mass is 9.97. The minimum atomic E-state index is -0.720. The Bertz CT molecular complexity index is 352. The largest absolute Gasteiger partial charge is 0.505 e. The van der Waals surface area contributed by atoms with Crippen molar-refractivity contribution in [1.82, 2.24) is 0 Å². The molecule has 1 aromatic carbocycles. The first-order valence-electron chi connectivity index (χ1n) is 4.18. The van der Waals surface area contributed by atoms with Crippen molar-refractivity contribution in [3.8, 4) is 5.75 Å². The molecule has 1 N–H and O–H groups in total. The van der Waals surface area contributed by atoms with Gasteiger partial charge in [0.2, 0.25) is 0 Å². The first-order chi connectivity index (χ1) is 6.57. The summed E-state index contributed by atoms with van der Waals surface area (Å²) in [5.74, 6) is -1.47. The monoisotopic (exact) mass is 216 g/mol. The first kappa shape index (κ1) is 11.0. The molecule has 1 rings (SSSR count). The summed E-state index contributed by atoms with van der Waals surface area (Å²) in [4.78, 5) is 10.3. The summed E-state index contributed by atoms with van der Waals surface area (Å²) in [6.45, 7) is 1.70. The van der Waals surface area contributed by atoms with Crippen LogP contribution in [0.5, 0.6) is 5.75 Å². The second-order valence-electron chi connectivity index (χ2n) is 3.09. The molecule has 1 unspecified atom stereocenters. The quantitative estimate of drug-likeness (QED) is 0.789. The molecule has 0 bridgehead atoms. The molecule has 0 radical (unpaired) electrons. The molecule has 1 aromatic rings. The van der Waals surface area contributed by atoms with E-state index in [0.29, 0.717) is 11.8 Å². The van der Waals surface area contributed by atoms with Gasteiger partial charge in [-0.15, -0.1) is 0 Å². The van der Waals surface area contributed by atoms with Crippen LogP contribution in [0, 0.1) is 5.82 Å².